The predicted molar refractivity (Wildman–Crippen MR) is 98.7 cm³/mol. The van der Waals surface area contributed by atoms with Gasteiger partial charge < -0.3 is 5.11 Å². The molecule has 0 unspecified atom stereocenters. The molecule has 0 saturated heterocycles. The molecular formula is C19H10ClF5N4O2. The van der Waals surface area contributed by atoms with Crippen LogP contribution in [0.2, 0.25) is 5.02 Å². The van der Waals surface area contributed by atoms with Gasteiger partial charge in [-0.25, -0.2) is 23.2 Å². The first kappa shape index (κ1) is 20.9. The lowest BCUT2D eigenvalue weighted by Crippen LogP contribution is -2.16. The summed E-state index contributed by atoms with van der Waals surface area (Å²) >= 11 is 6.09. The van der Waals surface area contributed by atoms with Crippen LogP contribution in [0.4, 0.5) is 22.0 Å². The largest absolute Gasteiger partial charge is 0.475 e. The minimum atomic E-state index is -4.87. The van der Waals surface area contributed by atoms with Crippen molar-refractivity contribution in [2.45, 2.75) is 19.1 Å². The second-order valence-corrected chi connectivity index (χ2v) is 6.96. The fraction of sp³-hybridized carbons (Fsp3) is 0.158. The lowest BCUT2D eigenvalue weighted by atomic mass is 9.97. The highest BCUT2D eigenvalue weighted by molar-refractivity contribution is 6.37. The Balaban J connectivity index is 2.13. The number of rotatable bonds is 2. The van der Waals surface area contributed by atoms with Crippen molar-refractivity contribution >= 4 is 23.3 Å². The van der Waals surface area contributed by atoms with E-state index in [2.05, 4.69) is 15.1 Å². The first-order valence-corrected chi connectivity index (χ1v) is 9.01. The van der Waals surface area contributed by atoms with Crippen LogP contribution in [0.25, 0.3) is 5.69 Å². The number of hydrogen-bond donors (Lipinski definition) is 1. The van der Waals surface area contributed by atoms with Crippen molar-refractivity contribution in [3.63, 3.8) is 0 Å². The Bertz CT molecular complexity index is 1250. The Hall–Kier alpha value is -3.34. The molecule has 160 valence electrons. The van der Waals surface area contributed by atoms with E-state index in [9.17, 15) is 31.9 Å². The summed E-state index contributed by atoms with van der Waals surface area (Å²) in [5.41, 5.74) is -3.02. The molecule has 1 aliphatic rings. The van der Waals surface area contributed by atoms with Crippen LogP contribution in [0.5, 0.6) is 0 Å². The molecule has 1 N–H and O–H groups in total. The van der Waals surface area contributed by atoms with Crippen LogP contribution in [0.1, 0.15) is 46.1 Å². The molecule has 1 atom stereocenters. The number of fused-ring (bicyclic) bond motifs is 3. The molecule has 2 aromatic carbocycles. The number of carbonyl (C=O) groups is 1. The standard InChI is InChI=1S/C19H10ClF5N4O2/c1-7-17-27-16(18(30)31)28-29(17)11-6-5-8(19(23,24)25)14(20)13(11)15(26-7)12-9(21)3-2-4-10(12)22/h2-7H,1H3,(H,30,31)/t7-/m0/s1. The molecule has 0 bridgehead atoms. The number of aromatic carboxylic acids is 1. The van der Waals surface area contributed by atoms with Gasteiger partial charge in [0.2, 0.25) is 0 Å². The minimum Gasteiger partial charge on any atom is -0.475 e. The Morgan fingerprint density at radius 2 is 1.77 bits per heavy atom. The summed E-state index contributed by atoms with van der Waals surface area (Å²) in [4.78, 5) is 19.3. The van der Waals surface area contributed by atoms with Crippen molar-refractivity contribution in [2.24, 2.45) is 4.99 Å². The number of hydrogen-bond acceptors (Lipinski definition) is 4. The van der Waals surface area contributed by atoms with Gasteiger partial charge in [0.1, 0.15) is 17.7 Å². The van der Waals surface area contributed by atoms with Gasteiger partial charge in [-0.3, -0.25) is 4.99 Å². The van der Waals surface area contributed by atoms with Gasteiger partial charge in [0.05, 0.1) is 27.5 Å². The number of benzene rings is 2. The van der Waals surface area contributed by atoms with Crippen molar-refractivity contribution in [1.29, 1.82) is 0 Å². The van der Waals surface area contributed by atoms with Crippen molar-refractivity contribution in [1.82, 2.24) is 14.8 Å². The van der Waals surface area contributed by atoms with E-state index in [-0.39, 0.29) is 11.5 Å². The molecule has 6 nitrogen and oxygen atoms in total. The SMILES string of the molecule is C[C@@H]1N=C(c2c(F)cccc2F)c2c(ccc(C(F)(F)F)c2Cl)-n2nc(C(=O)O)nc21. The Morgan fingerprint density at radius 3 is 2.35 bits per heavy atom. The van der Waals surface area contributed by atoms with Gasteiger partial charge in [0, 0.05) is 5.56 Å². The van der Waals surface area contributed by atoms with Crippen molar-refractivity contribution in [3.8, 4) is 5.69 Å². The lowest BCUT2D eigenvalue weighted by molar-refractivity contribution is -0.137. The van der Waals surface area contributed by atoms with E-state index in [0.717, 1.165) is 28.9 Å². The van der Waals surface area contributed by atoms with Gasteiger partial charge in [-0.1, -0.05) is 17.7 Å². The fourth-order valence-corrected chi connectivity index (χ4v) is 3.63. The van der Waals surface area contributed by atoms with Gasteiger partial charge in [0.15, 0.2) is 5.82 Å². The minimum absolute atomic E-state index is 0.0544. The highest BCUT2D eigenvalue weighted by Gasteiger charge is 2.38. The van der Waals surface area contributed by atoms with Crippen molar-refractivity contribution in [3.05, 3.63) is 75.3 Å². The zero-order chi connectivity index (χ0) is 22.7. The summed E-state index contributed by atoms with van der Waals surface area (Å²) in [5, 5.41) is 12.1. The second kappa shape index (κ2) is 7.12. The van der Waals surface area contributed by atoms with Crippen molar-refractivity contribution < 1.29 is 31.9 Å². The van der Waals surface area contributed by atoms with E-state index in [1.807, 2.05) is 0 Å². The van der Waals surface area contributed by atoms with Gasteiger partial charge in [-0.05, 0) is 31.2 Å². The third-order valence-electron chi connectivity index (χ3n) is 4.61. The van der Waals surface area contributed by atoms with E-state index < -0.39 is 63.1 Å². The summed E-state index contributed by atoms with van der Waals surface area (Å²) in [5.74, 6) is -4.29. The normalized spacial score (nSPS) is 15.7. The first-order valence-electron chi connectivity index (χ1n) is 8.63. The number of alkyl halides is 3. The van der Waals surface area contributed by atoms with Crippen LogP contribution in [0.3, 0.4) is 0 Å². The quantitative estimate of drug-likeness (QED) is 0.560. The van der Waals surface area contributed by atoms with Crippen LogP contribution in [0.15, 0.2) is 35.3 Å². The number of carboxylic acid groups (broad SMARTS) is 1. The average molecular weight is 457 g/mol. The molecule has 1 aliphatic heterocycles. The van der Waals surface area contributed by atoms with Crippen LogP contribution >= 0.6 is 11.6 Å². The van der Waals surface area contributed by atoms with E-state index in [0.29, 0.717) is 6.07 Å². The Labute approximate surface area is 175 Å². The average Bonchev–Trinajstić information content (AvgIpc) is 3.07. The first-order chi connectivity index (χ1) is 14.5. The molecule has 2 heterocycles. The van der Waals surface area contributed by atoms with Gasteiger partial charge in [-0.2, -0.15) is 13.2 Å². The highest BCUT2D eigenvalue weighted by atomic mass is 35.5. The van der Waals surface area contributed by atoms with Crippen LogP contribution in [0, 0.1) is 11.6 Å². The molecule has 0 saturated carbocycles. The molecule has 0 fully saturated rings. The van der Waals surface area contributed by atoms with Gasteiger partial charge >= 0.3 is 12.1 Å². The number of aliphatic imine (C=N–C) groups is 1. The summed E-state index contributed by atoms with van der Waals surface area (Å²) < 4.78 is 70.6. The van der Waals surface area contributed by atoms with Crippen molar-refractivity contribution in [2.75, 3.05) is 0 Å². The molecule has 0 amide bonds. The monoisotopic (exact) mass is 456 g/mol. The molecule has 31 heavy (non-hydrogen) atoms. The molecule has 1 aromatic heterocycles. The number of aromatic nitrogens is 3. The summed E-state index contributed by atoms with van der Waals surface area (Å²) in [6.07, 6.45) is -4.87. The third kappa shape index (κ3) is 3.34. The fourth-order valence-electron chi connectivity index (χ4n) is 3.28. The van der Waals surface area contributed by atoms with E-state index in [1.54, 1.807) is 0 Å². The molecule has 0 aliphatic carbocycles. The van der Waals surface area contributed by atoms with E-state index in [4.69, 9.17) is 11.6 Å². The molecule has 3 aromatic rings. The van der Waals surface area contributed by atoms with E-state index >= 15 is 0 Å². The predicted octanol–water partition coefficient (Wildman–Crippen LogP) is 4.83. The maximum absolute atomic E-state index is 14.6. The second-order valence-electron chi connectivity index (χ2n) is 6.58. The lowest BCUT2D eigenvalue weighted by Gasteiger charge is -2.17. The highest BCUT2D eigenvalue weighted by Crippen LogP contribution is 2.41. The Morgan fingerprint density at radius 1 is 1.13 bits per heavy atom. The maximum Gasteiger partial charge on any atom is 0.417 e. The number of nitrogens with zero attached hydrogens (tertiary/aromatic N) is 4. The molecule has 0 radical (unpaired) electrons. The zero-order valence-electron chi connectivity index (χ0n) is 15.4. The number of carboxylic acids is 1. The topological polar surface area (TPSA) is 80.4 Å². The van der Waals surface area contributed by atoms with Crippen LogP contribution in [-0.4, -0.2) is 31.6 Å². The molecule has 4 rings (SSSR count). The van der Waals surface area contributed by atoms with Gasteiger partial charge in [-0.15, -0.1) is 5.10 Å². The van der Waals surface area contributed by atoms with Gasteiger partial charge in [0.25, 0.3) is 5.82 Å². The Kier molecular flexibility index (Phi) is 4.80. The zero-order valence-corrected chi connectivity index (χ0v) is 16.1. The molecule has 0 spiro atoms. The third-order valence-corrected chi connectivity index (χ3v) is 5.00. The number of halogens is 6. The van der Waals surface area contributed by atoms with Crippen LogP contribution < -0.4 is 0 Å². The van der Waals surface area contributed by atoms with Crippen LogP contribution in [-0.2, 0) is 6.18 Å². The summed E-state index contributed by atoms with van der Waals surface area (Å²) in [7, 11) is 0. The molecular weight excluding hydrogens is 447 g/mol. The van der Waals surface area contributed by atoms with E-state index in [1.165, 1.54) is 6.92 Å². The maximum atomic E-state index is 14.6. The molecule has 12 heteroatoms. The smallest absolute Gasteiger partial charge is 0.417 e. The summed E-state index contributed by atoms with van der Waals surface area (Å²) in [6.45, 7) is 1.43. The summed E-state index contributed by atoms with van der Waals surface area (Å²) in [6, 6.07) is 3.56.